The number of thiophene rings is 1. The van der Waals surface area contributed by atoms with E-state index in [0.29, 0.717) is 15.6 Å². The lowest BCUT2D eigenvalue weighted by molar-refractivity contribution is -0.123. The summed E-state index contributed by atoms with van der Waals surface area (Å²) in [4.78, 5) is 27.2. The molecular formula is C23H28ClN3O3S. The van der Waals surface area contributed by atoms with E-state index < -0.39 is 6.10 Å². The highest BCUT2D eigenvalue weighted by Crippen LogP contribution is 2.30. The molecule has 6 nitrogen and oxygen atoms in total. The van der Waals surface area contributed by atoms with Gasteiger partial charge in [0, 0.05) is 36.9 Å². The summed E-state index contributed by atoms with van der Waals surface area (Å²) in [7, 11) is 0. The second-order valence-corrected chi connectivity index (χ2v) is 9.42. The number of carbonyl (C=O) groups excluding carboxylic acids is 2. The first-order valence-corrected chi connectivity index (χ1v) is 11.6. The van der Waals surface area contributed by atoms with E-state index in [1.165, 1.54) is 11.3 Å². The van der Waals surface area contributed by atoms with Crippen molar-refractivity contribution in [2.45, 2.75) is 32.3 Å². The second kappa shape index (κ2) is 10.8. The highest BCUT2D eigenvalue weighted by atomic mass is 35.5. The summed E-state index contributed by atoms with van der Waals surface area (Å²) >= 11 is 7.04. The van der Waals surface area contributed by atoms with Crippen LogP contribution in [0, 0.1) is 12.8 Å². The first-order chi connectivity index (χ1) is 14.9. The third-order valence-electron chi connectivity index (χ3n) is 5.33. The van der Waals surface area contributed by atoms with E-state index in [9.17, 15) is 14.7 Å². The molecule has 166 valence electrons. The fourth-order valence-corrected chi connectivity index (χ4v) is 4.68. The first-order valence-electron chi connectivity index (χ1n) is 10.4. The number of amides is 2. The monoisotopic (exact) mass is 461 g/mol. The number of rotatable bonds is 9. The lowest BCUT2D eigenvalue weighted by Gasteiger charge is -2.33. The lowest BCUT2D eigenvalue weighted by Crippen LogP contribution is -2.41. The second-order valence-electron chi connectivity index (χ2n) is 7.70. The van der Waals surface area contributed by atoms with Crippen molar-refractivity contribution >= 4 is 46.1 Å². The topological polar surface area (TPSA) is 81.7 Å². The molecule has 2 atom stereocenters. The number of piperidine rings is 1. The van der Waals surface area contributed by atoms with Crippen LogP contribution in [0.5, 0.6) is 0 Å². The molecule has 2 heterocycles. The van der Waals surface area contributed by atoms with Gasteiger partial charge in [-0.25, -0.2) is 0 Å². The van der Waals surface area contributed by atoms with Gasteiger partial charge in [-0.1, -0.05) is 17.7 Å². The average molecular weight is 462 g/mol. The fourth-order valence-electron chi connectivity index (χ4n) is 3.72. The van der Waals surface area contributed by atoms with Crippen molar-refractivity contribution in [2.24, 2.45) is 5.92 Å². The minimum absolute atomic E-state index is 0.0130. The predicted octanol–water partition coefficient (Wildman–Crippen LogP) is 4.23. The van der Waals surface area contributed by atoms with Crippen LogP contribution in [0.3, 0.4) is 0 Å². The molecule has 0 saturated carbocycles. The number of hydrogen-bond donors (Lipinski definition) is 3. The highest BCUT2D eigenvalue weighted by Gasteiger charge is 2.29. The van der Waals surface area contributed by atoms with Crippen LogP contribution in [-0.4, -0.2) is 42.7 Å². The summed E-state index contributed by atoms with van der Waals surface area (Å²) in [6, 6.07) is 9.15. The molecule has 1 aromatic heterocycles. The third kappa shape index (κ3) is 6.09. The Kier molecular flexibility index (Phi) is 8.12. The SMILES string of the molecule is C=CCC1CCCN(c2ccc(NCC(O)CNC(=O)c3ccc(Cl)s3)cc2C)C1=O. The van der Waals surface area contributed by atoms with Gasteiger partial charge in [0.2, 0.25) is 5.91 Å². The van der Waals surface area contributed by atoms with Crippen LogP contribution in [0.1, 0.15) is 34.5 Å². The van der Waals surface area contributed by atoms with Crippen LogP contribution >= 0.6 is 22.9 Å². The third-order valence-corrected chi connectivity index (χ3v) is 6.56. The first kappa shape index (κ1) is 23.3. The molecule has 3 N–H and O–H groups in total. The predicted molar refractivity (Wildman–Crippen MR) is 127 cm³/mol. The zero-order valence-electron chi connectivity index (χ0n) is 17.6. The van der Waals surface area contributed by atoms with Crippen LogP contribution in [-0.2, 0) is 4.79 Å². The summed E-state index contributed by atoms with van der Waals surface area (Å²) in [6.45, 7) is 6.89. The van der Waals surface area contributed by atoms with E-state index in [1.54, 1.807) is 12.1 Å². The number of benzene rings is 1. The van der Waals surface area contributed by atoms with Crippen molar-refractivity contribution in [3.05, 3.63) is 57.8 Å². The summed E-state index contributed by atoms with van der Waals surface area (Å²) in [6.07, 6.45) is 3.67. The molecule has 0 radical (unpaired) electrons. The molecule has 0 bridgehead atoms. The summed E-state index contributed by atoms with van der Waals surface area (Å²) in [5.74, 6) is -0.0794. The Hall–Kier alpha value is -2.35. The van der Waals surface area contributed by atoms with Crippen LogP contribution in [0.25, 0.3) is 0 Å². The van der Waals surface area contributed by atoms with Gasteiger partial charge in [0.05, 0.1) is 15.3 Å². The number of aliphatic hydroxyl groups is 1. The molecule has 31 heavy (non-hydrogen) atoms. The molecule has 8 heteroatoms. The molecule has 1 aliphatic heterocycles. The number of nitrogens with zero attached hydrogens (tertiary/aromatic N) is 1. The number of carbonyl (C=O) groups is 2. The van der Waals surface area contributed by atoms with E-state index >= 15 is 0 Å². The van der Waals surface area contributed by atoms with Crippen molar-refractivity contribution in [3.8, 4) is 0 Å². The van der Waals surface area contributed by atoms with Crippen LogP contribution in [0.4, 0.5) is 11.4 Å². The van der Waals surface area contributed by atoms with Gasteiger partial charge < -0.3 is 20.6 Å². The highest BCUT2D eigenvalue weighted by molar-refractivity contribution is 7.18. The van der Waals surface area contributed by atoms with Gasteiger partial charge in [-0.15, -0.1) is 17.9 Å². The van der Waals surface area contributed by atoms with E-state index in [-0.39, 0.29) is 30.8 Å². The Morgan fingerprint density at radius 2 is 2.19 bits per heavy atom. The number of aliphatic hydroxyl groups excluding tert-OH is 1. The molecule has 1 aliphatic rings. The molecule has 2 aromatic rings. The van der Waals surface area contributed by atoms with E-state index in [0.717, 1.165) is 36.3 Å². The zero-order valence-corrected chi connectivity index (χ0v) is 19.1. The molecule has 0 aliphatic carbocycles. The van der Waals surface area contributed by atoms with Crippen LogP contribution in [0.15, 0.2) is 43.0 Å². The summed E-state index contributed by atoms with van der Waals surface area (Å²) in [5, 5.41) is 16.1. The number of hydrogen-bond acceptors (Lipinski definition) is 5. The number of halogens is 1. The Balaban J connectivity index is 1.52. The van der Waals surface area contributed by atoms with E-state index in [4.69, 9.17) is 11.6 Å². The smallest absolute Gasteiger partial charge is 0.261 e. The molecule has 0 spiro atoms. The quantitative estimate of drug-likeness (QED) is 0.488. The fraction of sp³-hybridized carbons (Fsp3) is 0.391. The molecule has 1 fully saturated rings. The Morgan fingerprint density at radius 1 is 1.39 bits per heavy atom. The standard InChI is InChI=1S/C23H28ClN3O3S/c1-3-5-16-6-4-11-27(23(16)30)19-8-7-17(12-15(19)2)25-13-18(28)14-26-22(29)20-9-10-21(24)31-20/h3,7-10,12,16,18,25,28H,1,4-6,11,13-14H2,2H3,(H,26,29). The van der Waals surface area contributed by atoms with Crippen LogP contribution < -0.4 is 15.5 Å². The molecule has 2 amide bonds. The molecule has 3 rings (SSSR count). The van der Waals surface area contributed by atoms with Gasteiger partial charge in [0.25, 0.3) is 5.91 Å². The largest absolute Gasteiger partial charge is 0.389 e. The molecule has 2 unspecified atom stereocenters. The Bertz CT molecular complexity index is 946. The summed E-state index contributed by atoms with van der Waals surface area (Å²) < 4.78 is 0.550. The minimum Gasteiger partial charge on any atom is -0.389 e. The van der Waals surface area contributed by atoms with Crippen molar-refractivity contribution in [3.63, 3.8) is 0 Å². The minimum atomic E-state index is -0.747. The number of allylic oxidation sites excluding steroid dienone is 1. The van der Waals surface area contributed by atoms with Gasteiger partial charge in [0.15, 0.2) is 0 Å². The normalized spacial score (nSPS) is 17.3. The van der Waals surface area contributed by atoms with Crippen molar-refractivity contribution in [1.29, 1.82) is 0 Å². The zero-order chi connectivity index (χ0) is 22.4. The molecule has 1 saturated heterocycles. The van der Waals surface area contributed by atoms with Gasteiger partial charge in [0.1, 0.15) is 0 Å². The van der Waals surface area contributed by atoms with Crippen LogP contribution in [0.2, 0.25) is 4.34 Å². The maximum absolute atomic E-state index is 12.8. The molecular weight excluding hydrogens is 434 g/mol. The number of nitrogens with one attached hydrogen (secondary N) is 2. The van der Waals surface area contributed by atoms with Crippen molar-refractivity contribution < 1.29 is 14.7 Å². The number of anilines is 2. The van der Waals surface area contributed by atoms with Gasteiger partial charge >= 0.3 is 0 Å². The van der Waals surface area contributed by atoms with E-state index in [2.05, 4.69) is 17.2 Å². The average Bonchev–Trinajstić information content (AvgIpc) is 3.19. The maximum Gasteiger partial charge on any atom is 0.261 e. The summed E-state index contributed by atoms with van der Waals surface area (Å²) in [5.41, 5.74) is 2.77. The van der Waals surface area contributed by atoms with Crippen molar-refractivity contribution in [2.75, 3.05) is 29.9 Å². The Morgan fingerprint density at radius 3 is 2.87 bits per heavy atom. The lowest BCUT2D eigenvalue weighted by atomic mass is 9.93. The maximum atomic E-state index is 12.8. The van der Waals surface area contributed by atoms with Gasteiger partial charge in [-0.05, 0) is 62.1 Å². The van der Waals surface area contributed by atoms with Crippen molar-refractivity contribution in [1.82, 2.24) is 5.32 Å². The van der Waals surface area contributed by atoms with E-state index in [1.807, 2.05) is 36.1 Å². The Labute approximate surface area is 191 Å². The van der Waals surface area contributed by atoms with Gasteiger partial charge in [-0.2, -0.15) is 0 Å². The van der Waals surface area contributed by atoms with Gasteiger partial charge in [-0.3, -0.25) is 9.59 Å². The molecule has 1 aromatic carbocycles. The number of aryl methyl sites for hydroxylation is 1.